The van der Waals surface area contributed by atoms with Crippen LogP contribution >= 0.6 is 22.9 Å². The molecule has 5 aromatic rings. The number of ether oxygens (including phenoxy) is 1. The molecule has 0 saturated carbocycles. The van der Waals surface area contributed by atoms with E-state index in [4.69, 9.17) is 21.3 Å². The Morgan fingerprint density at radius 1 is 1.00 bits per heavy atom. The van der Waals surface area contributed by atoms with Gasteiger partial charge in [0.05, 0.1) is 27.9 Å². The van der Waals surface area contributed by atoms with Crippen molar-refractivity contribution < 1.29 is 29.0 Å². The highest BCUT2D eigenvalue weighted by Crippen LogP contribution is 2.36. The van der Waals surface area contributed by atoms with Crippen molar-refractivity contribution in [2.24, 2.45) is 10.4 Å². The zero-order valence-electron chi connectivity index (χ0n) is 37.3. The van der Waals surface area contributed by atoms with Crippen LogP contribution in [-0.4, -0.2) is 102 Å². The monoisotopic (exact) mass is 909 g/mol. The number of ketones is 1. The summed E-state index contributed by atoms with van der Waals surface area (Å²) in [5.74, 6) is 0.768. The Morgan fingerprint density at radius 3 is 2.41 bits per heavy atom. The van der Waals surface area contributed by atoms with Gasteiger partial charge in [-0.2, -0.15) is 0 Å². The first kappa shape index (κ1) is 46.4. The predicted octanol–water partition coefficient (Wildman–Crippen LogP) is 6.45. The SMILES string of the molecule is Cc1ncsc1-c1ccc(CNC(=O)[C@@H]2C[C@@H](O)CN2C(=O)C(NC(=O)COCCCCC(=O)CC2N=C(c3ccc(Cl)cc3)c3c([nH]c(C)c3C)-n3c(C)nnc32)C(C)(C)C)cc1. The quantitative estimate of drug-likeness (QED) is 0.0805. The lowest BCUT2D eigenvalue weighted by molar-refractivity contribution is -0.144. The fourth-order valence-electron chi connectivity index (χ4n) is 8.26. The molecule has 0 bridgehead atoms. The number of nitrogens with one attached hydrogen (secondary N) is 3. The number of nitrogens with zero attached hydrogens (tertiary/aromatic N) is 6. The minimum absolute atomic E-state index is 0.00896. The highest BCUT2D eigenvalue weighted by Gasteiger charge is 2.44. The summed E-state index contributed by atoms with van der Waals surface area (Å²) in [5, 5.41) is 25.8. The lowest BCUT2D eigenvalue weighted by Gasteiger charge is -2.35. The first-order valence-corrected chi connectivity index (χ1v) is 22.9. The molecule has 2 aliphatic rings. The van der Waals surface area contributed by atoms with Gasteiger partial charge in [-0.15, -0.1) is 21.5 Å². The molecule has 17 heteroatoms. The van der Waals surface area contributed by atoms with Gasteiger partial charge >= 0.3 is 0 Å². The van der Waals surface area contributed by atoms with Crippen molar-refractivity contribution in [3.05, 3.63) is 104 Å². The van der Waals surface area contributed by atoms with Crippen LogP contribution in [0.1, 0.15) is 104 Å². The van der Waals surface area contributed by atoms with E-state index in [1.165, 1.54) is 4.90 Å². The molecule has 0 spiro atoms. The minimum atomic E-state index is -0.984. The number of aliphatic hydroxyl groups excluding tert-OH is 1. The Bertz CT molecular complexity index is 2540. The number of β-amino-alcohol motifs (C(OH)–C–C–N with tert-alkyl or cyclic N) is 1. The largest absolute Gasteiger partial charge is 0.391 e. The summed E-state index contributed by atoms with van der Waals surface area (Å²) in [6.07, 6.45) is 0.676. The van der Waals surface area contributed by atoms with Crippen molar-refractivity contribution in [3.63, 3.8) is 0 Å². The summed E-state index contributed by atoms with van der Waals surface area (Å²) in [5.41, 5.74) is 8.58. The van der Waals surface area contributed by atoms with Crippen molar-refractivity contribution in [2.75, 3.05) is 19.8 Å². The zero-order valence-corrected chi connectivity index (χ0v) is 38.9. The van der Waals surface area contributed by atoms with Gasteiger partial charge in [0, 0.05) is 60.8 Å². The number of hydrogen-bond donors (Lipinski definition) is 4. The Labute approximate surface area is 382 Å². The van der Waals surface area contributed by atoms with Crippen LogP contribution in [0.5, 0.6) is 0 Å². The Balaban J connectivity index is 0.896. The van der Waals surface area contributed by atoms with E-state index in [0.29, 0.717) is 29.5 Å². The standard InChI is InChI=1S/C47H56ClN9O6S/c1-26-27(2)51-44-39(26)40(31-15-17-33(48)18-16-31)52-36(43-55-54-29(4)57(43)44)20-34(58)10-8-9-19-63-24-38(60)53-42(47(5,6)7)46(62)56-23-35(59)21-37(56)45(61)49-22-30-11-13-32(14-12-30)41-28(3)50-25-64-41/h11-18,25,35-37,42,51,59H,8-10,19-24H2,1-7H3,(H,49,61)(H,53,60)/t35-,36?,37+,42?/m1/s1. The van der Waals surface area contributed by atoms with Crippen LogP contribution in [0.3, 0.4) is 0 Å². The number of fused-ring (bicyclic) bond motifs is 3. The number of amides is 3. The number of carbonyl (C=O) groups is 4. The van der Waals surface area contributed by atoms with Gasteiger partial charge in [-0.05, 0) is 74.8 Å². The average Bonchev–Trinajstić information content (AvgIpc) is 4.02. The molecular weight excluding hydrogens is 854 g/mol. The van der Waals surface area contributed by atoms with E-state index in [9.17, 15) is 24.3 Å². The third kappa shape index (κ3) is 10.4. The highest BCUT2D eigenvalue weighted by atomic mass is 35.5. The summed E-state index contributed by atoms with van der Waals surface area (Å²) < 4.78 is 7.66. The summed E-state index contributed by atoms with van der Waals surface area (Å²) in [6.45, 7) is 13.5. The summed E-state index contributed by atoms with van der Waals surface area (Å²) in [6, 6.07) is 12.9. The van der Waals surface area contributed by atoms with E-state index in [-0.39, 0.29) is 57.3 Å². The fraction of sp³-hybridized carbons (Fsp3) is 0.447. The minimum Gasteiger partial charge on any atom is -0.391 e. The number of Topliss-reactive ketones (excluding diaryl/α,β-unsaturated/α-hetero) is 1. The molecule has 2 aromatic carbocycles. The molecule has 3 aromatic heterocycles. The Kier molecular flexibility index (Phi) is 14.3. The van der Waals surface area contributed by atoms with Crippen LogP contribution in [-0.2, 0) is 30.5 Å². The van der Waals surface area contributed by atoms with Crippen LogP contribution < -0.4 is 10.6 Å². The molecule has 1 saturated heterocycles. The molecular formula is C47H56ClN9O6S. The second kappa shape index (κ2) is 19.7. The number of thiazole rings is 1. The molecule has 0 radical (unpaired) electrons. The number of benzene rings is 2. The van der Waals surface area contributed by atoms with E-state index >= 15 is 0 Å². The molecule has 4 atom stereocenters. The molecule has 15 nitrogen and oxygen atoms in total. The number of aromatic nitrogens is 5. The van der Waals surface area contributed by atoms with Gasteiger partial charge < -0.3 is 30.4 Å². The third-order valence-corrected chi connectivity index (χ3v) is 13.1. The number of carbonyl (C=O) groups excluding carboxylic acids is 4. The van der Waals surface area contributed by atoms with Crippen molar-refractivity contribution in [3.8, 4) is 16.3 Å². The second-order valence-electron chi connectivity index (χ2n) is 17.7. The number of likely N-dealkylation sites (tertiary alicyclic amines) is 1. The Morgan fingerprint density at radius 2 is 1.72 bits per heavy atom. The van der Waals surface area contributed by atoms with Crippen LogP contribution in [0, 0.1) is 33.1 Å². The first-order chi connectivity index (χ1) is 30.5. The maximum absolute atomic E-state index is 14.0. The number of aromatic amines is 1. The normalized spacial score (nSPS) is 17.6. The maximum atomic E-state index is 14.0. The second-order valence-corrected chi connectivity index (χ2v) is 19.0. The number of rotatable bonds is 16. The predicted molar refractivity (Wildman–Crippen MR) is 246 cm³/mol. The molecule has 0 aliphatic carbocycles. The van der Waals surface area contributed by atoms with E-state index in [0.717, 1.165) is 55.6 Å². The summed E-state index contributed by atoms with van der Waals surface area (Å²) in [7, 11) is 0. The average molecular weight is 911 g/mol. The van der Waals surface area contributed by atoms with Gasteiger partial charge in [0.15, 0.2) is 5.82 Å². The third-order valence-electron chi connectivity index (χ3n) is 11.9. The van der Waals surface area contributed by atoms with Crippen LogP contribution in [0.4, 0.5) is 0 Å². The fourth-order valence-corrected chi connectivity index (χ4v) is 9.20. The lowest BCUT2D eigenvalue weighted by atomic mass is 9.85. The van der Waals surface area contributed by atoms with Gasteiger partial charge in [-0.1, -0.05) is 68.8 Å². The van der Waals surface area contributed by atoms with Gasteiger partial charge in [-0.25, -0.2) is 4.98 Å². The van der Waals surface area contributed by atoms with E-state index in [1.807, 2.05) is 107 Å². The molecule has 2 unspecified atom stereocenters. The van der Waals surface area contributed by atoms with E-state index in [2.05, 4.69) is 30.8 Å². The number of halogens is 1. The Hall–Kier alpha value is -5.55. The van der Waals surface area contributed by atoms with E-state index in [1.54, 1.807) is 11.3 Å². The van der Waals surface area contributed by atoms with Crippen molar-refractivity contribution in [1.29, 1.82) is 0 Å². The van der Waals surface area contributed by atoms with E-state index < -0.39 is 41.5 Å². The van der Waals surface area contributed by atoms with Crippen molar-refractivity contribution >= 4 is 52.2 Å². The lowest BCUT2D eigenvalue weighted by Crippen LogP contribution is -2.58. The zero-order chi connectivity index (χ0) is 45.9. The highest BCUT2D eigenvalue weighted by molar-refractivity contribution is 7.13. The van der Waals surface area contributed by atoms with Crippen LogP contribution in [0.25, 0.3) is 16.3 Å². The van der Waals surface area contributed by atoms with Gasteiger partial charge in [0.2, 0.25) is 17.7 Å². The molecule has 2 aliphatic heterocycles. The summed E-state index contributed by atoms with van der Waals surface area (Å²) in [4.78, 5) is 69.6. The number of aliphatic imine (C=N–C) groups is 1. The molecule has 7 rings (SSSR count). The van der Waals surface area contributed by atoms with Crippen LogP contribution in [0.2, 0.25) is 5.02 Å². The molecule has 1 fully saturated rings. The maximum Gasteiger partial charge on any atom is 0.246 e. The topological polar surface area (TPSA) is 197 Å². The number of H-pyrrole nitrogens is 1. The van der Waals surface area contributed by atoms with Gasteiger partial charge in [-0.3, -0.25) is 28.7 Å². The molecule has 5 heterocycles. The summed E-state index contributed by atoms with van der Waals surface area (Å²) >= 11 is 7.81. The molecule has 338 valence electrons. The number of unbranched alkanes of at least 4 members (excludes halogenated alkanes) is 1. The number of aliphatic hydroxyl groups is 1. The molecule has 4 N–H and O–H groups in total. The molecule has 3 amide bonds. The van der Waals surface area contributed by atoms with Crippen molar-refractivity contribution in [1.82, 2.24) is 40.3 Å². The number of aryl methyl sites for hydroxylation is 3. The smallest absolute Gasteiger partial charge is 0.246 e. The van der Waals surface area contributed by atoms with Gasteiger partial charge in [0.25, 0.3) is 0 Å². The van der Waals surface area contributed by atoms with Crippen LogP contribution in [0.15, 0.2) is 59.0 Å². The molecule has 64 heavy (non-hydrogen) atoms. The van der Waals surface area contributed by atoms with Crippen molar-refractivity contribution in [2.45, 2.75) is 111 Å². The number of hydrogen-bond acceptors (Lipinski definition) is 11. The van der Waals surface area contributed by atoms with Gasteiger partial charge in [0.1, 0.15) is 42.2 Å². The first-order valence-electron chi connectivity index (χ1n) is 21.6.